The lowest BCUT2D eigenvalue weighted by atomic mass is 9.97. The number of rotatable bonds is 5. The van der Waals surface area contributed by atoms with Crippen LogP contribution in [0.1, 0.15) is 18.4 Å². The van der Waals surface area contributed by atoms with Gasteiger partial charge in [0, 0.05) is 43.8 Å². The molecule has 0 spiro atoms. The summed E-state index contributed by atoms with van der Waals surface area (Å²) in [6.45, 7) is 1.98. The van der Waals surface area contributed by atoms with Gasteiger partial charge >= 0.3 is 0 Å². The zero-order valence-electron chi connectivity index (χ0n) is 13.7. The van der Waals surface area contributed by atoms with Crippen LogP contribution in [-0.4, -0.2) is 41.1 Å². The van der Waals surface area contributed by atoms with Crippen LogP contribution in [0.5, 0.6) is 5.88 Å². The maximum atomic E-state index is 12.5. The molecule has 1 fully saturated rings. The van der Waals surface area contributed by atoms with Crippen LogP contribution in [0.25, 0.3) is 0 Å². The van der Waals surface area contributed by atoms with Crippen LogP contribution in [-0.2, 0) is 11.3 Å². The third-order valence-corrected chi connectivity index (χ3v) is 4.16. The van der Waals surface area contributed by atoms with Crippen molar-refractivity contribution in [3.05, 3.63) is 42.5 Å². The maximum Gasteiger partial charge on any atom is 0.225 e. The molecule has 0 saturated carbocycles. The lowest BCUT2D eigenvalue weighted by molar-refractivity contribution is -0.125. The Hall–Kier alpha value is -2.70. The van der Waals surface area contributed by atoms with Crippen molar-refractivity contribution in [2.75, 3.05) is 25.1 Å². The summed E-state index contributed by atoms with van der Waals surface area (Å²) in [5.41, 5.74) is 0.870. The van der Waals surface area contributed by atoms with Crippen LogP contribution < -0.4 is 15.0 Å². The fraction of sp³-hybridized carbons (Fsp3) is 0.412. The van der Waals surface area contributed by atoms with Gasteiger partial charge < -0.3 is 15.0 Å². The summed E-state index contributed by atoms with van der Waals surface area (Å²) in [6, 6.07) is 3.74. The fourth-order valence-corrected chi connectivity index (χ4v) is 2.92. The fourth-order valence-electron chi connectivity index (χ4n) is 2.92. The first kappa shape index (κ1) is 16.2. The molecule has 24 heavy (non-hydrogen) atoms. The average molecular weight is 327 g/mol. The molecule has 1 unspecified atom stereocenters. The number of anilines is 1. The van der Waals surface area contributed by atoms with Crippen LogP contribution in [0.3, 0.4) is 0 Å². The second-order valence-corrected chi connectivity index (χ2v) is 5.74. The van der Waals surface area contributed by atoms with E-state index in [2.05, 4.69) is 25.2 Å². The minimum absolute atomic E-state index is 0.0505. The minimum Gasteiger partial charge on any atom is -0.481 e. The van der Waals surface area contributed by atoms with Gasteiger partial charge in [-0.05, 0) is 18.9 Å². The Morgan fingerprint density at radius 1 is 1.38 bits per heavy atom. The topological polar surface area (TPSA) is 80.2 Å². The molecule has 3 rings (SSSR count). The molecule has 1 amide bonds. The first-order valence-corrected chi connectivity index (χ1v) is 8.04. The van der Waals surface area contributed by atoms with Gasteiger partial charge in [-0.1, -0.05) is 6.07 Å². The predicted octanol–water partition coefficient (Wildman–Crippen LogP) is 1.41. The number of piperidine rings is 1. The molecule has 1 atom stereocenters. The summed E-state index contributed by atoms with van der Waals surface area (Å²) in [5.74, 6) is 1.37. The largest absolute Gasteiger partial charge is 0.481 e. The first-order valence-electron chi connectivity index (χ1n) is 8.04. The van der Waals surface area contributed by atoms with Crippen molar-refractivity contribution in [3.8, 4) is 5.88 Å². The molecule has 0 radical (unpaired) electrons. The molecule has 7 nitrogen and oxygen atoms in total. The number of hydrogen-bond donors (Lipinski definition) is 1. The lowest BCUT2D eigenvalue weighted by Gasteiger charge is -2.32. The summed E-state index contributed by atoms with van der Waals surface area (Å²) in [6.07, 6.45) is 8.58. The van der Waals surface area contributed by atoms with Crippen molar-refractivity contribution in [1.29, 1.82) is 0 Å². The monoisotopic (exact) mass is 327 g/mol. The highest BCUT2D eigenvalue weighted by molar-refractivity contribution is 5.79. The Morgan fingerprint density at radius 3 is 3.08 bits per heavy atom. The second-order valence-electron chi connectivity index (χ2n) is 5.74. The van der Waals surface area contributed by atoms with Gasteiger partial charge in [0.25, 0.3) is 0 Å². The molecule has 3 heterocycles. The van der Waals surface area contributed by atoms with Gasteiger partial charge in [0.1, 0.15) is 5.82 Å². The standard InChI is InChI=1S/C17H21N5O2/c1-24-17-13(4-2-6-20-17)10-21-16(23)14-5-3-9-22(12-14)15-11-18-7-8-19-15/h2,4,6-8,11,14H,3,5,9-10,12H2,1H3,(H,21,23). The van der Waals surface area contributed by atoms with E-state index in [1.165, 1.54) is 0 Å². The van der Waals surface area contributed by atoms with E-state index in [0.29, 0.717) is 19.0 Å². The van der Waals surface area contributed by atoms with E-state index in [-0.39, 0.29) is 11.8 Å². The minimum atomic E-state index is -0.0524. The normalized spacial score (nSPS) is 17.4. The van der Waals surface area contributed by atoms with E-state index in [1.54, 1.807) is 31.9 Å². The van der Waals surface area contributed by atoms with Crippen LogP contribution in [0.2, 0.25) is 0 Å². The number of methoxy groups -OCH3 is 1. The molecule has 126 valence electrons. The average Bonchev–Trinajstić information content (AvgIpc) is 2.67. The number of ether oxygens (including phenoxy) is 1. The predicted molar refractivity (Wildman–Crippen MR) is 89.6 cm³/mol. The zero-order chi connectivity index (χ0) is 16.8. The SMILES string of the molecule is COc1ncccc1CNC(=O)C1CCCN(c2cnccn2)C1. The molecule has 1 saturated heterocycles. The van der Waals surface area contributed by atoms with Crippen LogP contribution in [0, 0.1) is 5.92 Å². The molecular weight excluding hydrogens is 306 g/mol. The second kappa shape index (κ2) is 7.72. The lowest BCUT2D eigenvalue weighted by Crippen LogP contribution is -2.43. The van der Waals surface area contributed by atoms with Gasteiger partial charge in [-0.15, -0.1) is 0 Å². The van der Waals surface area contributed by atoms with Crippen molar-refractivity contribution in [2.45, 2.75) is 19.4 Å². The molecule has 0 aliphatic carbocycles. The summed E-state index contributed by atoms with van der Waals surface area (Å²) in [5, 5.41) is 2.99. The molecular formula is C17H21N5O2. The summed E-state index contributed by atoms with van der Waals surface area (Å²) >= 11 is 0. The number of amides is 1. The summed E-state index contributed by atoms with van der Waals surface area (Å²) < 4.78 is 5.21. The van der Waals surface area contributed by atoms with E-state index in [9.17, 15) is 4.79 Å². The van der Waals surface area contributed by atoms with Crippen LogP contribution >= 0.6 is 0 Å². The number of hydrogen-bond acceptors (Lipinski definition) is 6. The Morgan fingerprint density at radius 2 is 2.29 bits per heavy atom. The van der Waals surface area contributed by atoms with Gasteiger partial charge in [0.05, 0.1) is 19.2 Å². The summed E-state index contributed by atoms with van der Waals surface area (Å²) in [4.78, 5) is 27.2. The van der Waals surface area contributed by atoms with Gasteiger partial charge in [0.2, 0.25) is 11.8 Å². The number of nitrogens with zero attached hydrogens (tertiary/aromatic N) is 4. The molecule has 1 N–H and O–H groups in total. The molecule has 0 aromatic carbocycles. The van der Waals surface area contributed by atoms with Crippen molar-refractivity contribution in [2.24, 2.45) is 5.92 Å². The zero-order valence-corrected chi connectivity index (χ0v) is 13.7. The molecule has 1 aliphatic rings. The number of pyridine rings is 1. The molecule has 2 aromatic heterocycles. The van der Waals surface area contributed by atoms with Gasteiger partial charge in [0.15, 0.2) is 0 Å². The first-order chi connectivity index (χ1) is 11.8. The number of carbonyl (C=O) groups excluding carboxylic acids is 1. The Bertz CT molecular complexity index is 680. The number of nitrogens with one attached hydrogen (secondary N) is 1. The Kier molecular flexibility index (Phi) is 5.20. The third kappa shape index (κ3) is 3.79. The molecule has 7 heteroatoms. The van der Waals surface area contributed by atoms with Crippen LogP contribution in [0.15, 0.2) is 36.9 Å². The highest BCUT2D eigenvalue weighted by Crippen LogP contribution is 2.21. The highest BCUT2D eigenvalue weighted by Gasteiger charge is 2.26. The van der Waals surface area contributed by atoms with E-state index < -0.39 is 0 Å². The van der Waals surface area contributed by atoms with E-state index in [0.717, 1.165) is 30.8 Å². The molecule has 1 aliphatic heterocycles. The Labute approximate surface area is 141 Å². The number of aromatic nitrogens is 3. The third-order valence-electron chi connectivity index (χ3n) is 4.16. The highest BCUT2D eigenvalue weighted by atomic mass is 16.5. The smallest absolute Gasteiger partial charge is 0.225 e. The van der Waals surface area contributed by atoms with E-state index in [1.807, 2.05) is 12.1 Å². The maximum absolute atomic E-state index is 12.5. The molecule has 0 bridgehead atoms. The summed E-state index contributed by atoms with van der Waals surface area (Å²) in [7, 11) is 1.58. The number of carbonyl (C=O) groups is 1. The van der Waals surface area contributed by atoms with E-state index in [4.69, 9.17) is 4.74 Å². The van der Waals surface area contributed by atoms with Crippen LogP contribution in [0.4, 0.5) is 5.82 Å². The van der Waals surface area contributed by atoms with Crippen molar-refractivity contribution < 1.29 is 9.53 Å². The Balaban J connectivity index is 1.58. The van der Waals surface area contributed by atoms with Crippen molar-refractivity contribution >= 4 is 11.7 Å². The van der Waals surface area contributed by atoms with Gasteiger partial charge in [-0.3, -0.25) is 9.78 Å². The van der Waals surface area contributed by atoms with Gasteiger partial charge in [-0.2, -0.15) is 0 Å². The van der Waals surface area contributed by atoms with Crippen molar-refractivity contribution in [3.63, 3.8) is 0 Å². The van der Waals surface area contributed by atoms with E-state index >= 15 is 0 Å². The quantitative estimate of drug-likeness (QED) is 0.894. The van der Waals surface area contributed by atoms with Crippen molar-refractivity contribution in [1.82, 2.24) is 20.3 Å². The molecule has 2 aromatic rings. The van der Waals surface area contributed by atoms with Gasteiger partial charge in [-0.25, -0.2) is 9.97 Å².